The van der Waals surface area contributed by atoms with Gasteiger partial charge >= 0.3 is 0 Å². The van der Waals surface area contributed by atoms with Crippen LogP contribution in [0.1, 0.15) is 5.56 Å². The molecule has 0 amide bonds. The smallest absolute Gasteiger partial charge is 0.243 e. The van der Waals surface area contributed by atoms with Crippen molar-refractivity contribution in [2.24, 2.45) is 0 Å². The number of benzene rings is 2. The molecule has 3 rings (SSSR count). The Morgan fingerprint density at radius 3 is 2.52 bits per heavy atom. The van der Waals surface area contributed by atoms with E-state index in [0.717, 1.165) is 9.37 Å². The Balaban J connectivity index is 1.47. The van der Waals surface area contributed by atoms with E-state index in [1.165, 1.54) is 4.31 Å². The van der Waals surface area contributed by atoms with Gasteiger partial charge in [0.15, 0.2) is 0 Å². The van der Waals surface area contributed by atoms with Crippen LogP contribution in [0.15, 0.2) is 57.9 Å². The number of halogens is 1. The van der Waals surface area contributed by atoms with Crippen LogP contribution in [-0.4, -0.2) is 63.3 Å². The number of nitrogens with one attached hydrogen (secondary N) is 1. The van der Waals surface area contributed by atoms with Crippen molar-refractivity contribution in [3.8, 4) is 11.8 Å². The average Bonchev–Trinajstić information content (AvgIpc) is 2.73. The average molecular weight is 481 g/mol. The Morgan fingerprint density at radius 1 is 1.21 bits per heavy atom. The van der Waals surface area contributed by atoms with Crippen molar-refractivity contribution in [3.63, 3.8) is 0 Å². The molecule has 7 nitrogen and oxygen atoms in total. The van der Waals surface area contributed by atoms with Crippen molar-refractivity contribution >= 4 is 26.0 Å². The van der Waals surface area contributed by atoms with E-state index < -0.39 is 16.1 Å². The van der Waals surface area contributed by atoms with Crippen LogP contribution in [0, 0.1) is 11.3 Å². The van der Waals surface area contributed by atoms with Gasteiger partial charge in [-0.15, -0.1) is 0 Å². The first-order chi connectivity index (χ1) is 13.9. The Hall–Kier alpha value is -1.96. The van der Waals surface area contributed by atoms with Crippen molar-refractivity contribution in [1.82, 2.24) is 4.31 Å². The fraction of sp³-hybridized carbons (Fsp3) is 0.350. The first-order valence-corrected chi connectivity index (χ1v) is 11.5. The summed E-state index contributed by atoms with van der Waals surface area (Å²) >= 11 is 3.31. The van der Waals surface area contributed by atoms with Gasteiger partial charge in [0, 0.05) is 4.47 Å². The second-order valence-corrected chi connectivity index (χ2v) is 9.77. The maximum Gasteiger partial charge on any atom is 0.243 e. The molecule has 0 unspecified atom stereocenters. The molecule has 1 heterocycles. The number of hydrogen-bond donors (Lipinski definition) is 2. The van der Waals surface area contributed by atoms with Gasteiger partial charge in [0.25, 0.3) is 0 Å². The minimum absolute atomic E-state index is 0.148. The van der Waals surface area contributed by atoms with Gasteiger partial charge < -0.3 is 14.7 Å². The zero-order valence-electron chi connectivity index (χ0n) is 15.8. The standard InChI is InChI=1S/C20H22BrN3O4S/c21-17-2-1-3-20(12-17)29(26,27)24-10-8-23(9-11-24)14-18(25)15-28-19-6-4-16(13-22)5-7-19/h1-7,12,18,25H,8-11,14-15H2/p+1/t18-/m1/s1. The minimum atomic E-state index is -3.51. The van der Waals surface area contributed by atoms with Crippen LogP contribution in [0.3, 0.4) is 0 Å². The highest BCUT2D eigenvalue weighted by molar-refractivity contribution is 9.10. The van der Waals surface area contributed by atoms with Gasteiger partial charge in [-0.25, -0.2) is 8.42 Å². The van der Waals surface area contributed by atoms with E-state index in [2.05, 4.69) is 15.9 Å². The molecule has 0 radical (unpaired) electrons. The molecule has 1 saturated heterocycles. The molecule has 154 valence electrons. The van der Waals surface area contributed by atoms with Crippen LogP contribution >= 0.6 is 15.9 Å². The summed E-state index contributed by atoms with van der Waals surface area (Å²) in [7, 11) is -3.51. The molecule has 0 aliphatic carbocycles. The fourth-order valence-corrected chi connectivity index (χ4v) is 5.27. The lowest BCUT2D eigenvalue weighted by Crippen LogP contribution is -3.15. The summed E-state index contributed by atoms with van der Waals surface area (Å²) in [4.78, 5) is 1.42. The van der Waals surface area contributed by atoms with E-state index in [0.29, 0.717) is 44.0 Å². The molecule has 1 fully saturated rings. The molecule has 9 heteroatoms. The summed E-state index contributed by atoms with van der Waals surface area (Å²) in [5, 5.41) is 19.1. The second-order valence-electron chi connectivity index (χ2n) is 6.92. The molecule has 0 spiro atoms. The number of aliphatic hydroxyl groups excluding tert-OH is 1. The summed E-state index contributed by atoms with van der Waals surface area (Å²) in [5.41, 5.74) is 0.554. The summed E-state index contributed by atoms with van der Waals surface area (Å²) in [6, 6.07) is 15.5. The van der Waals surface area contributed by atoms with Gasteiger partial charge in [-0.1, -0.05) is 22.0 Å². The molecule has 2 N–H and O–H groups in total. The molecule has 2 aromatic rings. The molecule has 0 saturated carbocycles. The van der Waals surface area contributed by atoms with Crippen molar-refractivity contribution < 1.29 is 23.2 Å². The molecular weight excluding hydrogens is 458 g/mol. The van der Waals surface area contributed by atoms with Crippen LogP contribution in [0.2, 0.25) is 0 Å². The molecule has 2 aromatic carbocycles. The van der Waals surface area contributed by atoms with E-state index in [9.17, 15) is 13.5 Å². The highest BCUT2D eigenvalue weighted by atomic mass is 79.9. The zero-order valence-corrected chi connectivity index (χ0v) is 18.2. The third kappa shape index (κ3) is 5.78. The summed E-state index contributed by atoms with van der Waals surface area (Å²) in [6.45, 7) is 2.71. The molecule has 0 aromatic heterocycles. The monoisotopic (exact) mass is 480 g/mol. The molecule has 1 aliphatic heterocycles. The van der Waals surface area contributed by atoms with Crippen LogP contribution in [0.4, 0.5) is 0 Å². The Bertz CT molecular complexity index is 968. The number of quaternary nitrogens is 1. The van der Waals surface area contributed by atoms with E-state index in [1.54, 1.807) is 48.5 Å². The number of hydrogen-bond acceptors (Lipinski definition) is 5. The van der Waals surface area contributed by atoms with Crippen molar-refractivity contribution in [1.29, 1.82) is 5.26 Å². The summed E-state index contributed by atoms with van der Waals surface area (Å²) in [6.07, 6.45) is -0.658. The van der Waals surface area contributed by atoms with Gasteiger partial charge in [0.2, 0.25) is 10.0 Å². The number of nitriles is 1. The number of rotatable bonds is 7. The fourth-order valence-electron chi connectivity index (χ4n) is 3.23. The number of aliphatic hydroxyl groups is 1. The van der Waals surface area contributed by atoms with Crippen LogP contribution in [0.5, 0.6) is 5.75 Å². The number of nitrogens with zero attached hydrogens (tertiary/aromatic N) is 2. The van der Waals surface area contributed by atoms with Gasteiger partial charge in [-0.05, 0) is 42.5 Å². The van der Waals surface area contributed by atoms with Crippen molar-refractivity contribution in [2.75, 3.05) is 39.3 Å². The zero-order chi connectivity index (χ0) is 20.9. The third-order valence-electron chi connectivity index (χ3n) is 4.81. The van der Waals surface area contributed by atoms with Gasteiger partial charge in [0.05, 0.1) is 42.7 Å². The molecule has 29 heavy (non-hydrogen) atoms. The molecule has 0 bridgehead atoms. The predicted molar refractivity (Wildman–Crippen MR) is 111 cm³/mol. The Kier molecular flexibility index (Phi) is 7.27. The van der Waals surface area contributed by atoms with Crippen molar-refractivity contribution in [2.45, 2.75) is 11.0 Å². The molecule has 1 atom stereocenters. The number of sulfonamides is 1. The maximum absolute atomic E-state index is 12.8. The van der Waals surface area contributed by atoms with Gasteiger partial charge in [-0.2, -0.15) is 9.57 Å². The topological polar surface area (TPSA) is 95.1 Å². The SMILES string of the molecule is N#Cc1ccc(OC[C@H](O)C[NH+]2CCN(S(=O)(=O)c3cccc(Br)c3)CC2)cc1. The largest absolute Gasteiger partial charge is 0.491 e. The third-order valence-corrected chi connectivity index (χ3v) is 7.20. The summed E-state index contributed by atoms with van der Waals surface area (Å²) in [5.74, 6) is 0.600. The van der Waals surface area contributed by atoms with Crippen LogP contribution < -0.4 is 9.64 Å². The number of ether oxygens (including phenoxy) is 1. The quantitative estimate of drug-likeness (QED) is 0.606. The van der Waals surface area contributed by atoms with Gasteiger partial charge in [0.1, 0.15) is 25.0 Å². The second kappa shape index (κ2) is 9.69. The van der Waals surface area contributed by atoms with E-state index in [-0.39, 0.29) is 11.5 Å². The predicted octanol–water partition coefficient (Wildman–Crippen LogP) is 0.650. The highest BCUT2D eigenvalue weighted by Gasteiger charge is 2.31. The number of piperazine rings is 1. The Labute approximate surface area is 179 Å². The summed E-state index contributed by atoms with van der Waals surface area (Å²) < 4.78 is 33.4. The van der Waals surface area contributed by atoms with E-state index in [1.807, 2.05) is 6.07 Å². The Morgan fingerprint density at radius 2 is 1.90 bits per heavy atom. The lowest BCUT2D eigenvalue weighted by atomic mass is 10.2. The first-order valence-electron chi connectivity index (χ1n) is 9.29. The van der Waals surface area contributed by atoms with Crippen LogP contribution in [-0.2, 0) is 10.0 Å². The van der Waals surface area contributed by atoms with E-state index in [4.69, 9.17) is 10.00 Å². The lowest BCUT2D eigenvalue weighted by Gasteiger charge is -2.32. The van der Waals surface area contributed by atoms with E-state index >= 15 is 0 Å². The van der Waals surface area contributed by atoms with Crippen molar-refractivity contribution in [3.05, 3.63) is 58.6 Å². The minimum Gasteiger partial charge on any atom is -0.491 e. The first kappa shape index (κ1) is 21.7. The van der Waals surface area contributed by atoms with Crippen LogP contribution in [0.25, 0.3) is 0 Å². The molecular formula is C20H23BrN3O4S+. The lowest BCUT2D eigenvalue weighted by molar-refractivity contribution is -0.906. The van der Waals surface area contributed by atoms with Gasteiger partial charge in [-0.3, -0.25) is 0 Å². The maximum atomic E-state index is 12.8. The molecule has 1 aliphatic rings. The normalized spacial score (nSPS) is 16.9. The highest BCUT2D eigenvalue weighted by Crippen LogP contribution is 2.20.